The second kappa shape index (κ2) is 13.0. The maximum atomic E-state index is 11.5. The number of methoxy groups -OCH3 is 2. The van der Waals surface area contributed by atoms with E-state index in [1.54, 1.807) is 32.4 Å². The number of hydrogen-bond acceptors (Lipinski definition) is 7. The van der Waals surface area contributed by atoms with Crippen LogP contribution in [0.3, 0.4) is 0 Å². The van der Waals surface area contributed by atoms with Crippen molar-refractivity contribution in [3.8, 4) is 5.88 Å². The highest BCUT2D eigenvalue weighted by atomic mass is 16.5. The van der Waals surface area contributed by atoms with Gasteiger partial charge in [0.2, 0.25) is 5.88 Å². The van der Waals surface area contributed by atoms with Crippen molar-refractivity contribution in [2.24, 2.45) is 0 Å². The summed E-state index contributed by atoms with van der Waals surface area (Å²) in [5.74, 6) is 1.01. The van der Waals surface area contributed by atoms with E-state index >= 15 is 0 Å². The molecule has 9 heteroatoms. The van der Waals surface area contributed by atoms with Gasteiger partial charge in [-0.2, -0.15) is 0 Å². The number of carboxylic acids is 1. The van der Waals surface area contributed by atoms with Gasteiger partial charge in [0, 0.05) is 38.4 Å². The number of piperidine rings is 1. The Kier molecular flexibility index (Phi) is 9.05. The fraction of sp³-hybridized carbons (Fsp3) is 0.387. The largest absolute Gasteiger partial charge is 0.478 e. The van der Waals surface area contributed by atoms with Gasteiger partial charge in [-0.25, -0.2) is 14.8 Å². The minimum atomic E-state index is -0.940. The van der Waals surface area contributed by atoms with Crippen LogP contribution in [0.15, 0.2) is 60.7 Å². The van der Waals surface area contributed by atoms with Crippen LogP contribution < -0.4 is 4.74 Å². The van der Waals surface area contributed by atoms with Crippen molar-refractivity contribution < 1.29 is 24.1 Å². The van der Waals surface area contributed by atoms with Crippen molar-refractivity contribution >= 4 is 17.0 Å². The number of benzene rings is 2. The van der Waals surface area contributed by atoms with E-state index < -0.39 is 5.97 Å². The molecule has 0 radical (unpaired) electrons. The summed E-state index contributed by atoms with van der Waals surface area (Å²) in [7, 11) is 3.36. The lowest BCUT2D eigenvalue weighted by molar-refractivity contribution is 0.0697. The number of nitrogens with zero attached hydrogens (tertiary/aromatic N) is 4. The van der Waals surface area contributed by atoms with E-state index in [1.165, 1.54) is 0 Å². The molecule has 1 N–H and O–H groups in total. The molecule has 0 saturated carbocycles. The lowest BCUT2D eigenvalue weighted by Crippen LogP contribution is -2.33. The number of carboxylic acid groups (broad SMARTS) is 1. The smallest absolute Gasteiger partial charge is 0.335 e. The van der Waals surface area contributed by atoms with Gasteiger partial charge < -0.3 is 23.9 Å². The van der Waals surface area contributed by atoms with Gasteiger partial charge in [-0.15, -0.1) is 0 Å². The van der Waals surface area contributed by atoms with E-state index in [4.69, 9.17) is 24.2 Å². The second-order valence-electron chi connectivity index (χ2n) is 10.2. The molecule has 0 unspecified atom stereocenters. The summed E-state index contributed by atoms with van der Waals surface area (Å²) in [4.78, 5) is 23.6. The molecule has 0 atom stereocenters. The van der Waals surface area contributed by atoms with Crippen molar-refractivity contribution in [1.82, 2.24) is 19.4 Å². The highest BCUT2D eigenvalue weighted by Crippen LogP contribution is 2.29. The van der Waals surface area contributed by atoms with Gasteiger partial charge in [0.15, 0.2) is 0 Å². The zero-order valence-electron chi connectivity index (χ0n) is 23.1. The Morgan fingerprint density at radius 1 is 0.950 bits per heavy atom. The normalized spacial score (nSPS) is 14.6. The molecule has 1 aliphatic rings. The quantitative estimate of drug-likeness (QED) is 0.269. The predicted molar refractivity (Wildman–Crippen MR) is 152 cm³/mol. The Bertz CT molecular complexity index is 1430. The average Bonchev–Trinajstić information content (AvgIpc) is 3.32. The SMILES string of the molecule is COCCn1c(CN2CCC(c3cccc(OCc4ccc(COC)cc4)n3)CC2)nc2ccc(C(=O)O)cc21. The van der Waals surface area contributed by atoms with Crippen LogP contribution in [0.5, 0.6) is 5.88 Å². The molecule has 1 aliphatic heterocycles. The minimum absolute atomic E-state index is 0.261. The van der Waals surface area contributed by atoms with E-state index in [9.17, 15) is 9.90 Å². The first-order valence-electron chi connectivity index (χ1n) is 13.6. The number of fused-ring (bicyclic) bond motifs is 1. The fourth-order valence-electron chi connectivity index (χ4n) is 5.24. The number of carbonyl (C=O) groups is 1. The van der Waals surface area contributed by atoms with Gasteiger partial charge >= 0.3 is 5.97 Å². The lowest BCUT2D eigenvalue weighted by atomic mass is 9.93. The summed E-state index contributed by atoms with van der Waals surface area (Å²) in [6, 6.07) is 19.4. The topological polar surface area (TPSA) is 98.9 Å². The van der Waals surface area contributed by atoms with Crippen LogP contribution in [-0.4, -0.2) is 64.4 Å². The third-order valence-electron chi connectivity index (χ3n) is 7.43. The Morgan fingerprint density at radius 3 is 2.40 bits per heavy atom. The molecule has 40 heavy (non-hydrogen) atoms. The van der Waals surface area contributed by atoms with Gasteiger partial charge in [-0.1, -0.05) is 30.3 Å². The summed E-state index contributed by atoms with van der Waals surface area (Å²) >= 11 is 0. The second-order valence-corrected chi connectivity index (χ2v) is 10.2. The van der Waals surface area contributed by atoms with Crippen LogP contribution in [-0.2, 0) is 35.8 Å². The third kappa shape index (κ3) is 6.67. The van der Waals surface area contributed by atoms with E-state index in [0.717, 1.165) is 59.6 Å². The van der Waals surface area contributed by atoms with Crippen LogP contribution in [0.4, 0.5) is 0 Å². The van der Waals surface area contributed by atoms with Gasteiger partial charge in [0.05, 0.1) is 36.4 Å². The minimum Gasteiger partial charge on any atom is -0.478 e. The molecule has 2 aromatic heterocycles. The maximum absolute atomic E-state index is 11.5. The third-order valence-corrected chi connectivity index (χ3v) is 7.43. The molecule has 3 heterocycles. The van der Waals surface area contributed by atoms with Crippen LogP contribution in [0.2, 0.25) is 0 Å². The van der Waals surface area contributed by atoms with Crippen LogP contribution >= 0.6 is 0 Å². The fourth-order valence-corrected chi connectivity index (χ4v) is 5.24. The first kappa shape index (κ1) is 27.8. The summed E-state index contributed by atoms with van der Waals surface area (Å²) in [6.07, 6.45) is 2.00. The molecular weight excluding hydrogens is 508 g/mol. The molecule has 9 nitrogen and oxygen atoms in total. The summed E-state index contributed by atoms with van der Waals surface area (Å²) < 4.78 is 18.6. The molecule has 0 spiro atoms. The highest BCUT2D eigenvalue weighted by Gasteiger charge is 2.24. The molecule has 4 aromatic rings. The number of aromatic carboxylic acids is 1. The first-order chi connectivity index (χ1) is 19.5. The van der Waals surface area contributed by atoms with Crippen molar-refractivity contribution in [3.63, 3.8) is 0 Å². The first-order valence-corrected chi connectivity index (χ1v) is 13.6. The van der Waals surface area contributed by atoms with Crippen molar-refractivity contribution in [3.05, 3.63) is 88.9 Å². The summed E-state index contributed by atoms with van der Waals surface area (Å²) in [6.45, 7) is 4.79. The zero-order chi connectivity index (χ0) is 27.9. The molecule has 0 aliphatic carbocycles. The average molecular weight is 545 g/mol. The Hall–Kier alpha value is -3.79. The number of likely N-dealkylation sites (tertiary alicyclic amines) is 1. The molecule has 1 saturated heterocycles. The van der Waals surface area contributed by atoms with Crippen molar-refractivity contribution in [2.75, 3.05) is 33.9 Å². The molecule has 0 bridgehead atoms. The molecule has 1 fully saturated rings. The molecule has 2 aromatic carbocycles. The Labute approximate surface area is 234 Å². The van der Waals surface area contributed by atoms with Gasteiger partial charge in [0.25, 0.3) is 0 Å². The number of ether oxygens (including phenoxy) is 3. The number of aromatic nitrogens is 3. The maximum Gasteiger partial charge on any atom is 0.335 e. The van der Waals surface area contributed by atoms with E-state index in [0.29, 0.717) is 44.7 Å². The standard InChI is InChI=1S/C31H36N4O5/c1-38-17-16-35-28-18-25(31(36)37)10-11-27(28)32-29(35)19-34-14-12-24(13-15-34)26-4-3-5-30(33-26)40-21-23-8-6-22(7-9-23)20-39-2/h3-11,18,24H,12-17,19-21H2,1-2H3,(H,36,37). The number of hydrogen-bond donors (Lipinski definition) is 1. The zero-order valence-corrected chi connectivity index (χ0v) is 23.1. The van der Waals surface area contributed by atoms with Crippen LogP contribution in [0, 0.1) is 0 Å². The summed E-state index contributed by atoms with van der Waals surface area (Å²) in [5.41, 5.74) is 5.19. The predicted octanol–water partition coefficient (Wildman–Crippen LogP) is 4.88. The van der Waals surface area contributed by atoms with Crippen molar-refractivity contribution in [1.29, 1.82) is 0 Å². The summed E-state index contributed by atoms with van der Waals surface area (Å²) in [5, 5.41) is 9.44. The molecule has 5 rings (SSSR count). The van der Waals surface area contributed by atoms with Crippen LogP contribution in [0.25, 0.3) is 11.0 Å². The van der Waals surface area contributed by atoms with Crippen LogP contribution in [0.1, 0.15) is 51.8 Å². The molecule has 0 amide bonds. The van der Waals surface area contributed by atoms with E-state index in [2.05, 4.69) is 39.8 Å². The molecular formula is C31H36N4O5. The highest BCUT2D eigenvalue weighted by molar-refractivity contribution is 5.92. The number of pyridine rings is 1. The Morgan fingerprint density at radius 2 is 1.70 bits per heavy atom. The van der Waals surface area contributed by atoms with E-state index in [-0.39, 0.29) is 5.56 Å². The number of rotatable bonds is 12. The van der Waals surface area contributed by atoms with Crippen molar-refractivity contribution in [2.45, 2.75) is 45.1 Å². The lowest BCUT2D eigenvalue weighted by Gasteiger charge is -2.31. The monoisotopic (exact) mass is 544 g/mol. The Balaban J connectivity index is 1.20. The van der Waals surface area contributed by atoms with Gasteiger partial charge in [-0.05, 0) is 61.3 Å². The van der Waals surface area contributed by atoms with Gasteiger partial charge in [-0.3, -0.25) is 4.90 Å². The van der Waals surface area contributed by atoms with E-state index in [1.807, 2.05) is 12.1 Å². The molecule has 210 valence electrons. The number of imidazole rings is 1. The van der Waals surface area contributed by atoms with Gasteiger partial charge in [0.1, 0.15) is 12.4 Å².